The molecule has 0 bridgehead atoms. The highest BCUT2D eigenvalue weighted by Gasteiger charge is 2.34. The van der Waals surface area contributed by atoms with Crippen LogP contribution in [0.2, 0.25) is 0 Å². The second-order valence-corrected chi connectivity index (χ2v) is 7.51. The molecule has 150 valence electrons. The van der Waals surface area contributed by atoms with Gasteiger partial charge in [0.1, 0.15) is 17.2 Å². The molecule has 0 aromatic carbocycles. The minimum absolute atomic E-state index is 0.280. The number of fused-ring (bicyclic) bond motifs is 3. The summed E-state index contributed by atoms with van der Waals surface area (Å²) in [5.41, 5.74) is 9.51. The van der Waals surface area contributed by atoms with Crippen molar-refractivity contribution in [2.75, 3.05) is 20.3 Å². The Hall–Kier alpha value is -3.04. The van der Waals surface area contributed by atoms with Crippen molar-refractivity contribution < 1.29 is 19.1 Å². The number of allylic oxidation sites excluding steroid dienone is 3. The molecule has 0 fully saturated rings. The summed E-state index contributed by atoms with van der Waals surface area (Å²) >= 11 is 1.39. The number of nitrogens with two attached hydrogens (primary N) is 1. The molecule has 0 atom stereocenters. The van der Waals surface area contributed by atoms with E-state index in [1.54, 1.807) is 19.2 Å². The fraction of sp³-hybridized carbons (Fsp3) is 0.300. The number of hydrogen-bond acceptors (Lipinski definition) is 7. The number of nitrogens with one attached hydrogen (secondary N) is 1. The number of carbonyl (C=O) groups is 2. The number of hydrogen-bond donors (Lipinski definition) is 2. The number of pyridine rings is 1. The molecule has 0 unspecified atom stereocenters. The maximum atomic E-state index is 12.0. The summed E-state index contributed by atoms with van der Waals surface area (Å²) in [5, 5.41) is 2.72. The molecule has 29 heavy (non-hydrogen) atoms. The van der Waals surface area contributed by atoms with E-state index in [2.05, 4.69) is 14.7 Å². The molecule has 0 saturated carbocycles. The standard InChI is InChI=1S/C20H20N4O4S/c1-27-7-6-22-20(26)15-5-3-12(10-23-15)28-16-8-14(19(21)25)13-4-2-11-9-24-29-18(11)17(13)16/h3,5,9-10H,2,4,6-8H2,1H3,(H2,21,25)(H,22,26). The molecule has 0 saturated heterocycles. The molecule has 9 heteroatoms. The Morgan fingerprint density at radius 3 is 2.86 bits per heavy atom. The van der Waals surface area contributed by atoms with Crippen LogP contribution >= 0.6 is 11.5 Å². The maximum Gasteiger partial charge on any atom is 0.269 e. The lowest BCUT2D eigenvalue weighted by atomic mass is 9.90. The fourth-order valence-electron chi connectivity index (χ4n) is 3.52. The largest absolute Gasteiger partial charge is 0.459 e. The number of nitrogens with zero attached hydrogens (tertiary/aromatic N) is 2. The lowest BCUT2D eigenvalue weighted by Gasteiger charge is -2.17. The van der Waals surface area contributed by atoms with E-state index in [4.69, 9.17) is 15.2 Å². The second kappa shape index (κ2) is 8.14. The second-order valence-electron chi connectivity index (χ2n) is 6.71. The van der Waals surface area contributed by atoms with Crippen LogP contribution in [0.15, 0.2) is 41.4 Å². The molecule has 2 aromatic heterocycles. The van der Waals surface area contributed by atoms with E-state index in [0.717, 1.165) is 34.4 Å². The number of aromatic nitrogens is 2. The topological polar surface area (TPSA) is 116 Å². The highest BCUT2D eigenvalue weighted by molar-refractivity contribution is 7.07. The van der Waals surface area contributed by atoms with E-state index < -0.39 is 5.91 Å². The zero-order valence-corrected chi connectivity index (χ0v) is 16.7. The van der Waals surface area contributed by atoms with Crippen molar-refractivity contribution in [1.82, 2.24) is 14.7 Å². The van der Waals surface area contributed by atoms with Gasteiger partial charge in [-0.15, -0.1) is 0 Å². The predicted molar refractivity (Wildman–Crippen MR) is 107 cm³/mol. The number of methoxy groups -OCH3 is 1. The first kappa shape index (κ1) is 19.3. The molecule has 2 heterocycles. The first-order valence-corrected chi connectivity index (χ1v) is 9.96. The minimum atomic E-state index is -0.426. The van der Waals surface area contributed by atoms with Crippen LogP contribution in [-0.2, 0) is 16.0 Å². The van der Waals surface area contributed by atoms with E-state index in [1.165, 1.54) is 17.7 Å². The minimum Gasteiger partial charge on any atom is -0.459 e. The SMILES string of the molecule is COCCNC(=O)c1ccc(OC2=C3C(=C(C(N)=O)C2)CCc2cnsc23)cn1. The van der Waals surface area contributed by atoms with Gasteiger partial charge in [-0.05, 0) is 47.6 Å². The van der Waals surface area contributed by atoms with E-state index >= 15 is 0 Å². The Labute approximate surface area is 171 Å². The Balaban J connectivity index is 1.56. The maximum absolute atomic E-state index is 12.0. The van der Waals surface area contributed by atoms with Crippen molar-refractivity contribution in [3.63, 3.8) is 0 Å². The Morgan fingerprint density at radius 1 is 1.28 bits per heavy atom. The van der Waals surface area contributed by atoms with Gasteiger partial charge in [-0.3, -0.25) is 9.59 Å². The average molecular weight is 412 g/mol. The lowest BCUT2D eigenvalue weighted by molar-refractivity contribution is -0.114. The van der Waals surface area contributed by atoms with E-state index in [0.29, 0.717) is 36.7 Å². The van der Waals surface area contributed by atoms with Crippen molar-refractivity contribution in [2.24, 2.45) is 5.73 Å². The van der Waals surface area contributed by atoms with Gasteiger partial charge in [0.05, 0.1) is 17.7 Å². The van der Waals surface area contributed by atoms with Crippen molar-refractivity contribution >= 4 is 28.9 Å². The first-order valence-electron chi connectivity index (χ1n) is 9.18. The molecular weight excluding hydrogens is 392 g/mol. The Kier molecular flexibility index (Phi) is 5.41. The molecular formula is C20H20N4O4S. The molecule has 0 aliphatic heterocycles. The molecule has 2 aliphatic rings. The van der Waals surface area contributed by atoms with Crippen LogP contribution in [0.5, 0.6) is 5.75 Å². The third kappa shape index (κ3) is 3.79. The molecule has 8 nitrogen and oxygen atoms in total. The Bertz CT molecular complexity index is 1020. The van der Waals surface area contributed by atoms with Gasteiger partial charge in [0.25, 0.3) is 5.91 Å². The summed E-state index contributed by atoms with van der Waals surface area (Å²) in [6, 6.07) is 3.28. The monoisotopic (exact) mass is 412 g/mol. The molecule has 0 radical (unpaired) electrons. The number of carbonyl (C=O) groups excluding carboxylic acids is 2. The van der Waals surface area contributed by atoms with Crippen molar-refractivity contribution in [3.8, 4) is 5.75 Å². The third-order valence-corrected chi connectivity index (χ3v) is 5.76. The molecule has 2 amide bonds. The number of aryl methyl sites for hydroxylation is 1. The van der Waals surface area contributed by atoms with Crippen LogP contribution in [0, 0.1) is 0 Å². The van der Waals surface area contributed by atoms with Gasteiger partial charge in [0.2, 0.25) is 5.91 Å². The van der Waals surface area contributed by atoms with Crippen molar-refractivity contribution in [2.45, 2.75) is 19.3 Å². The van der Waals surface area contributed by atoms with Crippen LogP contribution in [0.3, 0.4) is 0 Å². The molecule has 2 aliphatic carbocycles. The summed E-state index contributed by atoms with van der Waals surface area (Å²) in [6.07, 6.45) is 5.28. The number of rotatable bonds is 7. The summed E-state index contributed by atoms with van der Waals surface area (Å²) < 4.78 is 15.3. The predicted octanol–water partition coefficient (Wildman–Crippen LogP) is 1.84. The van der Waals surface area contributed by atoms with Gasteiger partial charge >= 0.3 is 0 Å². The molecule has 3 N–H and O–H groups in total. The summed E-state index contributed by atoms with van der Waals surface area (Å²) in [7, 11) is 1.57. The van der Waals surface area contributed by atoms with Crippen LogP contribution in [0.1, 0.15) is 33.8 Å². The van der Waals surface area contributed by atoms with Crippen LogP contribution in [0.25, 0.3) is 5.57 Å². The summed E-state index contributed by atoms with van der Waals surface area (Å²) in [4.78, 5) is 29.2. The summed E-state index contributed by atoms with van der Waals surface area (Å²) in [5.74, 6) is 0.448. The van der Waals surface area contributed by atoms with Gasteiger partial charge in [-0.25, -0.2) is 9.36 Å². The number of ether oxygens (including phenoxy) is 2. The highest BCUT2D eigenvalue weighted by atomic mass is 32.1. The van der Waals surface area contributed by atoms with Crippen LogP contribution in [0.4, 0.5) is 0 Å². The summed E-state index contributed by atoms with van der Waals surface area (Å²) in [6.45, 7) is 0.841. The molecule has 2 aromatic rings. The molecule has 4 rings (SSSR count). The normalized spacial score (nSPS) is 15.2. The zero-order chi connectivity index (χ0) is 20.4. The average Bonchev–Trinajstić information content (AvgIpc) is 3.33. The highest BCUT2D eigenvalue weighted by Crippen LogP contribution is 2.47. The third-order valence-electron chi connectivity index (χ3n) is 4.90. The van der Waals surface area contributed by atoms with Gasteiger partial charge in [0.15, 0.2) is 0 Å². The lowest BCUT2D eigenvalue weighted by Crippen LogP contribution is -2.27. The van der Waals surface area contributed by atoms with Crippen LogP contribution < -0.4 is 15.8 Å². The van der Waals surface area contributed by atoms with Gasteiger partial charge in [-0.2, -0.15) is 0 Å². The number of amides is 2. The van der Waals surface area contributed by atoms with E-state index in [9.17, 15) is 9.59 Å². The smallest absolute Gasteiger partial charge is 0.269 e. The number of primary amides is 1. The first-order chi connectivity index (χ1) is 14.1. The van der Waals surface area contributed by atoms with Gasteiger partial charge < -0.3 is 20.5 Å². The van der Waals surface area contributed by atoms with E-state index in [-0.39, 0.29) is 11.6 Å². The van der Waals surface area contributed by atoms with Crippen molar-refractivity contribution in [1.29, 1.82) is 0 Å². The van der Waals surface area contributed by atoms with E-state index in [1.807, 2.05) is 6.20 Å². The van der Waals surface area contributed by atoms with Crippen LogP contribution in [-0.4, -0.2) is 41.4 Å². The quantitative estimate of drug-likeness (QED) is 0.670. The fourth-order valence-corrected chi connectivity index (χ4v) is 4.40. The molecule has 0 spiro atoms. The zero-order valence-electron chi connectivity index (χ0n) is 15.9. The van der Waals surface area contributed by atoms with Gasteiger partial charge in [0, 0.05) is 37.4 Å². The van der Waals surface area contributed by atoms with Gasteiger partial charge in [-0.1, -0.05) is 0 Å². The Morgan fingerprint density at radius 2 is 2.14 bits per heavy atom. The van der Waals surface area contributed by atoms with Crippen molar-refractivity contribution in [3.05, 3.63) is 57.6 Å².